The first kappa shape index (κ1) is 14.5. The fraction of sp³-hybridized carbons (Fsp3) is 0. The summed E-state index contributed by atoms with van der Waals surface area (Å²) in [4.78, 5) is 0. The maximum absolute atomic E-state index is 6.24. The van der Waals surface area contributed by atoms with Gasteiger partial charge >= 0.3 is 0 Å². The molecule has 3 rings (SSSR count). The van der Waals surface area contributed by atoms with Crippen molar-refractivity contribution in [1.82, 2.24) is 0 Å². The highest BCUT2D eigenvalue weighted by molar-refractivity contribution is 7.71. The normalized spacial score (nSPS) is 11.6. The highest BCUT2D eigenvalue weighted by Crippen LogP contribution is 2.35. The lowest BCUT2D eigenvalue weighted by Crippen LogP contribution is -2.17. The molecule has 0 aliphatic heterocycles. The summed E-state index contributed by atoms with van der Waals surface area (Å²) in [5, 5.41) is 2.39. The Morgan fingerprint density at radius 1 is 0.636 bits per heavy atom. The van der Waals surface area contributed by atoms with Crippen LogP contribution in [0.3, 0.4) is 0 Å². The van der Waals surface area contributed by atoms with Crippen molar-refractivity contribution in [2.24, 2.45) is 10.5 Å². The van der Waals surface area contributed by atoms with Gasteiger partial charge in [-0.25, -0.2) is 4.76 Å². The highest BCUT2D eigenvalue weighted by atomic mass is 31.1. The Hall–Kier alpha value is -2.44. The van der Waals surface area contributed by atoms with Crippen LogP contribution in [-0.4, -0.2) is 5.84 Å². The highest BCUT2D eigenvalue weighted by Gasteiger charge is 2.13. The van der Waals surface area contributed by atoms with Crippen LogP contribution in [-0.2, 0) is 0 Å². The molecule has 0 saturated heterocycles. The summed E-state index contributed by atoms with van der Waals surface area (Å²) in [6.07, 6.45) is 0. The molecular weight excluding hydrogens is 287 g/mol. The predicted octanol–water partition coefficient (Wildman–Crippen LogP) is 3.44. The molecule has 0 fully saturated rings. The monoisotopic (exact) mass is 304 g/mol. The summed E-state index contributed by atoms with van der Waals surface area (Å²) < 4.78 is 4.85. The van der Waals surface area contributed by atoms with Gasteiger partial charge in [-0.1, -0.05) is 91.0 Å². The van der Waals surface area contributed by atoms with Gasteiger partial charge in [0.2, 0.25) is 0 Å². The van der Waals surface area contributed by atoms with Gasteiger partial charge in [-0.05, 0) is 0 Å². The lowest BCUT2D eigenvalue weighted by molar-refractivity contribution is 1.55. The first-order valence-electron chi connectivity index (χ1n) is 7.14. The summed E-state index contributed by atoms with van der Waals surface area (Å²) in [5.41, 5.74) is 7.20. The van der Waals surface area contributed by atoms with Crippen LogP contribution in [0.5, 0.6) is 0 Å². The number of rotatable bonds is 4. The number of amidine groups is 1. The number of hydrogen-bond donors (Lipinski definition) is 1. The van der Waals surface area contributed by atoms with Crippen molar-refractivity contribution in [2.75, 3.05) is 0 Å². The molecule has 0 aromatic heterocycles. The van der Waals surface area contributed by atoms with Crippen molar-refractivity contribution >= 4 is 24.5 Å². The lowest BCUT2D eigenvalue weighted by atomic mass is 10.2. The second kappa shape index (κ2) is 7.02. The van der Waals surface area contributed by atoms with Gasteiger partial charge in [0.25, 0.3) is 0 Å². The van der Waals surface area contributed by atoms with E-state index in [-0.39, 0.29) is 0 Å². The van der Waals surface area contributed by atoms with Crippen molar-refractivity contribution in [2.45, 2.75) is 0 Å². The fourth-order valence-corrected chi connectivity index (χ4v) is 3.95. The molecule has 0 saturated carbocycles. The summed E-state index contributed by atoms with van der Waals surface area (Å²) in [6.45, 7) is 0. The Labute approximate surface area is 132 Å². The van der Waals surface area contributed by atoms with Crippen LogP contribution in [0.2, 0.25) is 0 Å². The van der Waals surface area contributed by atoms with E-state index in [0.29, 0.717) is 5.84 Å². The van der Waals surface area contributed by atoms with Crippen LogP contribution in [0.1, 0.15) is 5.56 Å². The first-order valence-corrected chi connectivity index (χ1v) is 8.44. The van der Waals surface area contributed by atoms with E-state index in [0.717, 1.165) is 5.56 Å². The molecular formula is C19H17N2P. The zero-order valence-corrected chi connectivity index (χ0v) is 13.0. The van der Waals surface area contributed by atoms with Crippen molar-refractivity contribution in [3.05, 3.63) is 96.6 Å². The molecule has 3 aromatic carbocycles. The Morgan fingerprint density at radius 2 is 1.05 bits per heavy atom. The van der Waals surface area contributed by atoms with E-state index in [4.69, 9.17) is 10.5 Å². The molecule has 0 atom stereocenters. The summed E-state index contributed by atoms with van der Waals surface area (Å²) >= 11 is 0. The van der Waals surface area contributed by atoms with Crippen molar-refractivity contribution in [3.63, 3.8) is 0 Å². The molecule has 3 aromatic rings. The Bertz CT molecular complexity index is 701. The van der Waals surface area contributed by atoms with Crippen LogP contribution in [0.25, 0.3) is 0 Å². The van der Waals surface area contributed by atoms with E-state index in [1.165, 1.54) is 10.6 Å². The van der Waals surface area contributed by atoms with Gasteiger partial charge in [-0.15, -0.1) is 0 Å². The quantitative estimate of drug-likeness (QED) is 0.447. The zero-order valence-electron chi connectivity index (χ0n) is 12.1. The second-order valence-electron chi connectivity index (χ2n) is 4.83. The van der Waals surface area contributed by atoms with E-state index in [9.17, 15) is 0 Å². The van der Waals surface area contributed by atoms with Crippen molar-refractivity contribution in [1.29, 1.82) is 0 Å². The third-order valence-electron chi connectivity index (χ3n) is 3.28. The molecule has 0 radical (unpaired) electrons. The summed E-state index contributed by atoms with van der Waals surface area (Å²) in [7, 11) is -0.851. The predicted molar refractivity (Wildman–Crippen MR) is 96.2 cm³/mol. The number of benzene rings is 3. The molecule has 0 spiro atoms. The van der Waals surface area contributed by atoms with Gasteiger partial charge in [-0.3, -0.25) is 0 Å². The van der Waals surface area contributed by atoms with Crippen LogP contribution < -0.4 is 16.3 Å². The van der Waals surface area contributed by atoms with Gasteiger partial charge in [-0.2, -0.15) is 0 Å². The third kappa shape index (κ3) is 3.41. The van der Waals surface area contributed by atoms with E-state index < -0.39 is 8.07 Å². The third-order valence-corrected chi connectivity index (χ3v) is 5.27. The standard InChI is InChI=1S/C19H17N2P/c20-19(16-10-4-1-5-11-16)21-22(17-12-6-2-7-13-17)18-14-8-3-9-15-18/h1-15H,(H2,20,21). The Balaban J connectivity index is 2.03. The van der Waals surface area contributed by atoms with Gasteiger partial charge in [0.15, 0.2) is 0 Å². The summed E-state index contributed by atoms with van der Waals surface area (Å²) in [5.74, 6) is 0.583. The lowest BCUT2D eigenvalue weighted by Gasteiger charge is -2.14. The summed E-state index contributed by atoms with van der Waals surface area (Å²) in [6, 6.07) is 30.6. The number of nitrogens with two attached hydrogens (primary N) is 1. The first-order chi connectivity index (χ1) is 10.8. The van der Waals surface area contributed by atoms with Crippen molar-refractivity contribution < 1.29 is 0 Å². The fourth-order valence-electron chi connectivity index (χ4n) is 2.18. The molecule has 0 unspecified atom stereocenters. The molecule has 0 amide bonds. The second-order valence-corrected chi connectivity index (χ2v) is 6.69. The number of hydrogen-bond acceptors (Lipinski definition) is 1. The Morgan fingerprint density at radius 3 is 1.50 bits per heavy atom. The van der Waals surface area contributed by atoms with Gasteiger partial charge < -0.3 is 5.73 Å². The topological polar surface area (TPSA) is 38.4 Å². The number of nitrogens with zero attached hydrogens (tertiary/aromatic N) is 1. The molecule has 108 valence electrons. The average molecular weight is 304 g/mol. The van der Waals surface area contributed by atoms with Gasteiger partial charge in [0, 0.05) is 16.2 Å². The molecule has 3 heteroatoms. The molecule has 0 heterocycles. The molecule has 22 heavy (non-hydrogen) atoms. The molecule has 0 aliphatic rings. The molecule has 0 bridgehead atoms. The van der Waals surface area contributed by atoms with E-state index >= 15 is 0 Å². The minimum atomic E-state index is -0.851. The maximum Gasteiger partial charge on any atom is 0.130 e. The minimum absolute atomic E-state index is 0.583. The van der Waals surface area contributed by atoms with Gasteiger partial charge in [0.05, 0.1) is 8.07 Å². The van der Waals surface area contributed by atoms with Crippen LogP contribution in [0.15, 0.2) is 95.8 Å². The maximum atomic E-state index is 6.24. The molecule has 2 nitrogen and oxygen atoms in total. The molecule has 0 aliphatic carbocycles. The zero-order chi connectivity index (χ0) is 15.2. The average Bonchev–Trinajstić information content (AvgIpc) is 2.62. The van der Waals surface area contributed by atoms with E-state index in [1.807, 2.05) is 66.7 Å². The van der Waals surface area contributed by atoms with Crippen molar-refractivity contribution in [3.8, 4) is 0 Å². The van der Waals surface area contributed by atoms with Gasteiger partial charge in [0.1, 0.15) is 5.84 Å². The van der Waals surface area contributed by atoms with Crippen LogP contribution in [0, 0.1) is 0 Å². The SMILES string of the molecule is NC(=NP(c1ccccc1)c1ccccc1)c1ccccc1. The largest absolute Gasteiger partial charge is 0.383 e. The molecule has 2 N–H and O–H groups in total. The van der Waals surface area contributed by atoms with Crippen LogP contribution in [0.4, 0.5) is 0 Å². The minimum Gasteiger partial charge on any atom is -0.383 e. The smallest absolute Gasteiger partial charge is 0.130 e. The van der Waals surface area contributed by atoms with Crippen LogP contribution >= 0.6 is 8.07 Å². The van der Waals surface area contributed by atoms with E-state index in [2.05, 4.69) is 24.3 Å². The Kier molecular flexibility index (Phi) is 4.62. The van der Waals surface area contributed by atoms with E-state index in [1.54, 1.807) is 0 Å².